The van der Waals surface area contributed by atoms with Gasteiger partial charge in [0.05, 0.1) is 0 Å². The van der Waals surface area contributed by atoms with E-state index in [0.29, 0.717) is 0 Å². The fraction of sp³-hybridized carbons (Fsp3) is 0.0769. The quantitative estimate of drug-likeness (QED) is 0.890. The first-order valence-electron chi connectivity index (χ1n) is 5.56. The number of sulfonamides is 1. The van der Waals surface area contributed by atoms with Gasteiger partial charge in [-0.1, -0.05) is 45.7 Å². The molecule has 0 unspecified atom stereocenters. The van der Waals surface area contributed by atoms with Crippen LogP contribution in [0.4, 0.5) is 0 Å². The molecule has 0 heterocycles. The van der Waals surface area contributed by atoms with Crippen LogP contribution in [-0.4, -0.2) is 8.42 Å². The van der Waals surface area contributed by atoms with Gasteiger partial charge in [-0.15, -0.1) is 0 Å². The highest BCUT2D eigenvalue weighted by Crippen LogP contribution is 2.27. The molecule has 2 aromatic rings. The van der Waals surface area contributed by atoms with Gasteiger partial charge in [0.1, 0.15) is 17.3 Å². The largest absolute Gasteiger partial charge is 0.487 e. The van der Waals surface area contributed by atoms with Crippen LogP contribution in [0.15, 0.2) is 51.8 Å². The molecular formula is C13H11BrClNO3S. The third-order valence-electron chi connectivity index (χ3n) is 2.55. The number of rotatable bonds is 4. The lowest BCUT2D eigenvalue weighted by atomic mass is 10.2. The molecule has 0 aromatic heterocycles. The van der Waals surface area contributed by atoms with Crippen molar-refractivity contribution in [3.8, 4) is 5.75 Å². The second-order valence-corrected chi connectivity index (χ2v) is 6.84. The van der Waals surface area contributed by atoms with Crippen LogP contribution in [0.3, 0.4) is 0 Å². The lowest BCUT2D eigenvalue weighted by Crippen LogP contribution is -2.14. The molecule has 7 heteroatoms. The second-order valence-electron chi connectivity index (χ2n) is 4.02. The van der Waals surface area contributed by atoms with Gasteiger partial charge in [0.2, 0.25) is 10.0 Å². The topological polar surface area (TPSA) is 69.4 Å². The van der Waals surface area contributed by atoms with Gasteiger partial charge in [-0.05, 0) is 24.3 Å². The summed E-state index contributed by atoms with van der Waals surface area (Å²) in [5.41, 5.74) is 0.891. The van der Waals surface area contributed by atoms with Crippen molar-refractivity contribution in [2.24, 2.45) is 5.14 Å². The van der Waals surface area contributed by atoms with Gasteiger partial charge in [-0.2, -0.15) is 0 Å². The Hall–Kier alpha value is -1.08. The van der Waals surface area contributed by atoms with Gasteiger partial charge >= 0.3 is 0 Å². The molecule has 2 aromatic carbocycles. The number of hydrogen-bond acceptors (Lipinski definition) is 3. The maximum absolute atomic E-state index is 11.5. The van der Waals surface area contributed by atoms with Crippen molar-refractivity contribution in [3.05, 3.63) is 57.5 Å². The summed E-state index contributed by atoms with van der Waals surface area (Å²) in [6.07, 6.45) is 0. The summed E-state index contributed by atoms with van der Waals surface area (Å²) in [6.45, 7) is 0.214. The summed E-state index contributed by atoms with van der Waals surface area (Å²) < 4.78 is 29.4. The molecule has 2 rings (SSSR count). The Bertz CT molecular complexity index is 734. The van der Waals surface area contributed by atoms with E-state index in [2.05, 4.69) is 15.9 Å². The Labute approximate surface area is 130 Å². The summed E-state index contributed by atoms with van der Waals surface area (Å²) in [7, 11) is -3.89. The molecule has 0 fully saturated rings. The highest BCUT2D eigenvalue weighted by atomic mass is 79.9. The minimum absolute atomic E-state index is 0.128. The number of primary sulfonamides is 1. The zero-order chi connectivity index (χ0) is 14.8. The van der Waals surface area contributed by atoms with Gasteiger partial charge in [-0.25, -0.2) is 13.6 Å². The number of hydrogen-bond donors (Lipinski definition) is 1. The van der Waals surface area contributed by atoms with Crippen molar-refractivity contribution in [2.75, 3.05) is 0 Å². The lowest BCUT2D eigenvalue weighted by molar-refractivity contribution is 0.297. The minimum Gasteiger partial charge on any atom is -0.487 e. The number of ether oxygens (including phenoxy) is 1. The molecule has 0 aliphatic carbocycles. The minimum atomic E-state index is -3.89. The monoisotopic (exact) mass is 375 g/mol. The van der Waals surface area contributed by atoms with Crippen LogP contribution in [0, 0.1) is 0 Å². The van der Waals surface area contributed by atoms with Crippen molar-refractivity contribution in [1.82, 2.24) is 0 Å². The summed E-state index contributed by atoms with van der Waals surface area (Å²) in [6, 6.07) is 11.8. The zero-order valence-corrected chi connectivity index (χ0v) is 13.4. The Morgan fingerprint density at radius 3 is 2.55 bits per heavy atom. The molecule has 0 radical (unpaired) electrons. The van der Waals surface area contributed by atoms with Gasteiger partial charge in [0.15, 0.2) is 0 Å². The molecule has 106 valence electrons. The number of nitrogens with two attached hydrogens (primary N) is 1. The van der Waals surface area contributed by atoms with E-state index < -0.39 is 10.0 Å². The van der Waals surface area contributed by atoms with Crippen LogP contribution in [-0.2, 0) is 16.6 Å². The zero-order valence-electron chi connectivity index (χ0n) is 10.2. The molecule has 0 bridgehead atoms. The van der Waals surface area contributed by atoms with Crippen LogP contribution in [0.5, 0.6) is 5.75 Å². The van der Waals surface area contributed by atoms with E-state index in [0.717, 1.165) is 10.0 Å². The maximum Gasteiger partial charge on any atom is 0.241 e. The molecule has 0 atom stereocenters. The molecule has 0 saturated carbocycles. The van der Waals surface area contributed by atoms with Crippen LogP contribution in [0.25, 0.3) is 0 Å². The Morgan fingerprint density at radius 2 is 1.90 bits per heavy atom. The Morgan fingerprint density at radius 1 is 1.20 bits per heavy atom. The standard InChI is InChI=1S/C13H11BrClNO3S/c14-11-4-2-1-3-9(11)8-19-12-6-5-10(15)7-13(12)20(16,17)18/h1-7H,8H2,(H2,16,17,18). The van der Waals surface area contributed by atoms with Crippen molar-refractivity contribution >= 4 is 37.6 Å². The van der Waals surface area contributed by atoms with Crippen molar-refractivity contribution in [2.45, 2.75) is 11.5 Å². The Balaban J connectivity index is 2.29. The third-order valence-corrected chi connectivity index (χ3v) is 4.49. The van der Waals surface area contributed by atoms with Crippen LogP contribution in [0.1, 0.15) is 5.56 Å². The smallest absolute Gasteiger partial charge is 0.241 e. The molecule has 20 heavy (non-hydrogen) atoms. The predicted octanol–water partition coefficient (Wildman–Crippen LogP) is 3.33. The fourth-order valence-corrected chi connectivity index (χ4v) is 2.93. The molecule has 0 aliphatic rings. The van der Waals surface area contributed by atoms with Crippen molar-refractivity contribution in [3.63, 3.8) is 0 Å². The number of halogens is 2. The highest BCUT2D eigenvalue weighted by Gasteiger charge is 2.16. The van der Waals surface area contributed by atoms with Crippen LogP contribution in [0.2, 0.25) is 5.02 Å². The van der Waals surface area contributed by atoms with Gasteiger partial charge < -0.3 is 4.74 Å². The van der Waals surface area contributed by atoms with Crippen molar-refractivity contribution < 1.29 is 13.2 Å². The SMILES string of the molecule is NS(=O)(=O)c1cc(Cl)ccc1OCc1ccccc1Br. The first-order valence-corrected chi connectivity index (χ1v) is 8.28. The van der Waals surface area contributed by atoms with Crippen molar-refractivity contribution in [1.29, 1.82) is 0 Å². The first-order chi connectivity index (χ1) is 9.38. The number of benzene rings is 2. The van der Waals surface area contributed by atoms with Crippen LogP contribution < -0.4 is 9.88 Å². The fourth-order valence-electron chi connectivity index (χ4n) is 1.59. The average Bonchev–Trinajstić information content (AvgIpc) is 2.38. The average molecular weight is 377 g/mol. The predicted molar refractivity (Wildman–Crippen MR) is 81.3 cm³/mol. The highest BCUT2D eigenvalue weighted by molar-refractivity contribution is 9.10. The van der Waals surface area contributed by atoms with Gasteiger partial charge in [-0.3, -0.25) is 0 Å². The molecule has 0 spiro atoms. The molecule has 0 aliphatic heterocycles. The second kappa shape index (κ2) is 6.13. The lowest BCUT2D eigenvalue weighted by Gasteiger charge is -2.11. The van der Waals surface area contributed by atoms with E-state index in [1.165, 1.54) is 12.1 Å². The Kier molecular flexibility index (Phi) is 4.70. The normalized spacial score (nSPS) is 11.3. The third kappa shape index (κ3) is 3.73. The summed E-state index contributed by atoms with van der Waals surface area (Å²) >= 11 is 9.18. The van der Waals surface area contributed by atoms with E-state index in [4.69, 9.17) is 21.5 Å². The van der Waals surface area contributed by atoms with Crippen LogP contribution >= 0.6 is 27.5 Å². The summed E-state index contributed by atoms with van der Waals surface area (Å²) in [4.78, 5) is -0.128. The van der Waals surface area contributed by atoms with E-state index in [1.807, 2.05) is 24.3 Å². The summed E-state index contributed by atoms with van der Waals surface area (Å²) in [5, 5.41) is 5.43. The van der Waals surface area contributed by atoms with Gasteiger partial charge in [0.25, 0.3) is 0 Å². The van der Waals surface area contributed by atoms with E-state index in [-0.39, 0.29) is 22.3 Å². The molecular weight excluding hydrogens is 366 g/mol. The van der Waals surface area contributed by atoms with E-state index in [9.17, 15) is 8.42 Å². The summed E-state index contributed by atoms with van der Waals surface area (Å²) in [5.74, 6) is 0.174. The molecule has 2 N–H and O–H groups in total. The first kappa shape index (κ1) is 15.3. The van der Waals surface area contributed by atoms with Gasteiger partial charge in [0, 0.05) is 15.1 Å². The molecule has 0 saturated heterocycles. The van der Waals surface area contributed by atoms with E-state index in [1.54, 1.807) is 6.07 Å². The molecule has 0 amide bonds. The maximum atomic E-state index is 11.5. The molecule has 4 nitrogen and oxygen atoms in total. The van der Waals surface area contributed by atoms with E-state index >= 15 is 0 Å².